The van der Waals surface area contributed by atoms with Crippen LogP contribution in [0.15, 0.2) is 0 Å². The molecule has 0 amide bonds. The summed E-state index contributed by atoms with van der Waals surface area (Å²) >= 11 is 0. The Bertz CT molecular complexity index is 325. The summed E-state index contributed by atoms with van der Waals surface area (Å²) < 4.78 is 26.0. The molecule has 0 saturated heterocycles. The average Bonchev–Trinajstić information content (AvgIpc) is 2.05. The largest absolute Gasteiger partial charge is 0.488 e. The zero-order valence-electron chi connectivity index (χ0n) is 6.64. The van der Waals surface area contributed by atoms with Crippen molar-refractivity contribution in [1.29, 1.82) is 0 Å². The molecule has 0 saturated carbocycles. The van der Waals surface area contributed by atoms with Crippen LogP contribution in [-0.2, 0) is 19.4 Å². The van der Waals surface area contributed by atoms with Gasteiger partial charge in [-0.25, -0.2) is 13.2 Å². The monoisotopic (exact) mass is 192 g/mol. The van der Waals surface area contributed by atoms with Crippen LogP contribution in [0, 0.1) is 0 Å². The lowest BCUT2D eigenvalue weighted by molar-refractivity contribution is -0.136. The molecular formula is C5H8N2O4S. The van der Waals surface area contributed by atoms with E-state index in [9.17, 15) is 13.2 Å². The van der Waals surface area contributed by atoms with Crippen molar-refractivity contribution in [3.8, 4) is 0 Å². The fourth-order valence-electron chi connectivity index (χ4n) is 0.454. The van der Waals surface area contributed by atoms with E-state index in [-0.39, 0.29) is 5.75 Å². The molecule has 0 aromatic heterocycles. The van der Waals surface area contributed by atoms with Gasteiger partial charge in [0.25, 0.3) is 9.84 Å². The van der Waals surface area contributed by atoms with Crippen molar-refractivity contribution in [2.75, 3.05) is 12.9 Å². The van der Waals surface area contributed by atoms with E-state index in [1.165, 1.54) is 6.92 Å². The third-order valence-corrected chi connectivity index (χ3v) is 2.72. The molecule has 0 aliphatic carbocycles. The third-order valence-electron chi connectivity index (χ3n) is 1.13. The van der Waals surface area contributed by atoms with Gasteiger partial charge in [0.2, 0.25) is 0 Å². The summed E-state index contributed by atoms with van der Waals surface area (Å²) in [7, 11) is -2.80. The number of esters is 1. The minimum Gasteiger partial charge on any atom is -0.460 e. The SMILES string of the molecule is CCS(=O)(=O)C(=[N+]=[N-])C(=O)OC. The molecule has 0 heterocycles. The van der Waals surface area contributed by atoms with Gasteiger partial charge in [0.05, 0.1) is 12.9 Å². The molecule has 0 aromatic rings. The van der Waals surface area contributed by atoms with Crippen molar-refractivity contribution in [3.63, 3.8) is 0 Å². The van der Waals surface area contributed by atoms with Crippen LogP contribution in [0.1, 0.15) is 6.92 Å². The molecule has 0 fully saturated rings. The van der Waals surface area contributed by atoms with Gasteiger partial charge >= 0.3 is 11.0 Å². The minimum absolute atomic E-state index is 0.318. The van der Waals surface area contributed by atoms with Gasteiger partial charge in [0.15, 0.2) is 0 Å². The second kappa shape index (κ2) is 3.99. The van der Waals surface area contributed by atoms with Crippen LogP contribution < -0.4 is 0 Å². The zero-order valence-corrected chi connectivity index (χ0v) is 7.46. The maximum absolute atomic E-state index is 10.9. The Kier molecular flexibility index (Phi) is 3.59. The van der Waals surface area contributed by atoms with Crippen LogP contribution in [0.2, 0.25) is 0 Å². The highest BCUT2D eigenvalue weighted by atomic mass is 32.2. The van der Waals surface area contributed by atoms with Crippen LogP contribution in [0.3, 0.4) is 0 Å². The maximum Gasteiger partial charge on any atom is 0.488 e. The van der Waals surface area contributed by atoms with Gasteiger partial charge in [0.1, 0.15) is 0 Å². The average molecular weight is 192 g/mol. The summed E-state index contributed by atoms with van der Waals surface area (Å²) in [5.74, 6) is -1.49. The van der Waals surface area contributed by atoms with E-state index in [4.69, 9.17) is 5.53 Å². The number of hydrogen-bond donors (Lipinski definition) is 0. The topological polar surface area (TPSA) is 96.8 Å². The number of ether oxygens (including phenoxy) is 1. The smallest absolute Gasteiger partial charge is 0.460 e. The summed E-state index contributed by atoms with van der Waals surface area (Å²) in [6, 6.07) is 0. The van der Waals surface area contributed by atoms with Crippen molar-refractivity contribution in [2.45, 2.75) is 6.92 Å². The van der Waals surface area contributed by atoms with Gasteiger partial charge in [-0.3, -0.25) is 0 Å². The van der Waals surface area contributed by atoms with Crippen LogP contribution in [-0.4, -0.2) is 37.1 Å². The van der Waals surface area contributed by atoms with Crippen molar-refractivity contribution in [3.05, 3.63) is 5.53 Å². The highest BCUT2D eigenvalue weighted by molar-refractivity contribution is 8.07. The first-order chi connectivity index (χ1) is 5.49. The van der Waals surface area contributed by atoms with Crippen LogP contribution in [0.25, 0.3) is 5.53 Å². The second-order valence-corrected chi connectivity index (χ2v) is 3.99. The zero-order chi connectivity index (χ0) is 9.78. The van der Waals surface area contributed by atoms with Crippen molar-refractivity contribution in [1.82, 2.24) is 0 Å². The fraction of sp³-hybridized carbons (Fsp3) is 0.600. The number of carbonyl (C=O) groups excluding carboxylic acids is 1. The number of sulfone groups is 1. The predicted molar refractivity (Wildman–Crippen MR) is 40.1 cm³/mol. The molecule has 0 aromatic carbocycles. The third kappa shape index (κ3) is 2.14. The molecule has 0 unspecified atom stereocenters. The van der Waals surface area contributed by atoms with Gasteiger partial charge in [-0.1, -0.05) is 6.92 Å². The summed E-state index contributed by atoms with van der Waals surface area (Å²) in [5, 5.41) is -0.965. The number of rotatable bonds is 1. The number of methoxy groups -OCH3 is 1. The predicted octanol–water partition coefficient (Wildman–Crippen LogP) is -0.778. The van der Waals surface area contributed by atoms with Crippen LogP contribution in [0.4, 0.5) is 0 Å². The normalized spacial score (nSPS) is 10.2. The molecule has 0 aliphatic heterocycles. The van der Waals surface area contributed by atoms with Crippen LogP contribution >= 0.6 is 0 Å². The minimum atomic E-state index is -3.80. The molecule has 0 bridgehead atoms. The first kappa shape index (κ1) is 10.8. The molecule has 0 N–H and O–H groups in total. The van der Waals surface area contributed by atoms with E-state index < -0.39 is 20.9 Å². The van der Waals surface area contributed by atoms with E-state index >= 15 is 0 Å². The van der Waals surface area contributed by atoms with Gasteiger partial charge in [-0.2, -0.15) is 0 Å². The molecule has 6 nitrogen and oxygen atoms in total. The molecular weight excluding hydrogens is 184 g/mol. The standard InChI is InChI=1S/C5H8N2O4S/c1-3-12(9,10)4(7-6)5(8)11-2/h3H2,1-2H3. The molecule has 7 heteroatoms. The lowest BCUT2D eigenvalue weighted by atomic mass is 10.7. The second-order valence-electron chi connectivity index (χ2n) is 1.80. The van der Waals surface area contributed by atoms with E-state index in [0.717, 1.165) is 7.11 Å². The summed E-state index contributed by atoms with van der Waals surface area (Å²) in [6.45, 7) is 1.32. The Morgan fingerprint density at radius 3 is 2.33 bits per heavy atom. The number of carbonyl (C=O) groups is 1. The summed E-state index contributed by atoms with van der Waals surface area (Å²) in [4.78, 5) is 13.0. The van der Waals surface area contributed by atoms with Gasteiger partial charge in [-0.15, -0.1) is 4.79 Å². The molecule has 0 spiro atoms. The molecule has 0 aliphatic rings. The Hall–Kier alpha value is -1.20. The molecule has 68 valence electrons. The van der Waals surface area contributed by atoms with Crippen molar-refractivity contribution >= 4 is 20.9 Å². The highest BCUT2D eigenvalue weighted by Crippen LogP contribution is 1.93. The summed E-state index contributed by atoms with van der Waals surface area (Å²) in [6.07, 6.45) is 0. The van der Waals surface area contributed by atoms with E-state index in [1.54, 1.807) is 0 Å². The molecule has 12 heavy (non-hydrogen) atoms. The van der Waals surface area contributed by atoms with E-state index in [2.05, 4.69) is 9.53 Å². The Labute approximate surface area is 69.7 Å². The Morgan fingerprint density at radius 2 is 2.08 bits per heavy atom. The van der Waals surface area contributed by atoms with Crippen molar-refractivity contribution in [2.24, 2.45) is 0 Å². The van der Waals surface area contributed by atoms with Gasteiger partial charge < -0.3 is 10.3 Å². The number of hydrogen-bond acceptors (Lipinski definition) is 4. The Morgan fingerprint density at radius 1 is 1.58 bits per heavy atom. The fourth-order valence-corrected chi connectivity index (χ4v) is 1.19. The molecule has 0 atom stereocenters. The van der Waals surface area contributed by atoms with Crippen LogP contribution in [0.5, 0.6) is 0 Å². The maximum atomic E-state index is 10.9. The molecule has 0 rings (SSSR count). The van der Waals surface area contributed by atoms with Gasteiger partial charge in [-0.05, 0) is 0 Å². The van der Waals surface area contributed by atoms with E-state index in [0.29, 0.717) is 0 Å². The quantitative estimate of drug-likeness (QED) is 0.179. The van der Waals surface area contributed by atoms with Gasteiger partial charge in [0, 0.05) is 0 Å². The summed E-state index contributed by atoms with van der Waals surface area (Å²) in [5.41, 5.74) is 8.20. The number of nitrogens with zero attached hydrogens (tertiary/aromatic N) is 2. The lowest BCUT2D eigenvalue weighted by Gasteiger charge is -1.92. The van der Waals surface area contributed by atoms with Crippen molar-refractivity contribution < 1.29 is 22.7 Å². The van der Waals surface area contributed by atoms with E-state index in [1.807, 2.05) is 0 Å². The lowest BCUT2D eigenvalue weighted by Crippen LogP contribution is -2.27. The Balaban J connectivity index is 5.12. The first-order valence-corrected chi connectivity index (χ1v) is 4.68. The first-order valence-electron chi connectivity index (χ1n) is 3.02. The molecule has 0 radical (unpaired) electrons. The highest BCUT2D eigenvalue weighted by Gasteiger charge is 2.35.